The fourth-order valence-corrected chi connectivity index (χ4v) is 4.07. The first-order valence-electron chi connectivity index (χ1n) is 8.43. The summed E-state index contributed by atoms with van der Waals surface area (Å²) in [5, 5.41) is 5.38. The van der Waals surface area contributed by atoms with Crippen molar-refractivity contribution < 1.29 is 18.0 Å². The van der Waals surface area contributed by atoms with E-state index >= 15 is 0 Å². The summed E-state index contributed by atoms with van der Waals surface area (Å²) in [4.78, 5) is 24.8. The normalized spacial score (nSPS) is 15.7. The number of carbonyl (C=O) groups is 2. The molecule has 0 saturated heterocycles. The third kappa shape index (κ3) is 4.06. The minimum Gasteiger partial charge on any atom is -0.359 e. The molecule has 1 aliphatic rings. The van der Waals surface area contributed by atoms with Crippen LogP contribution in [0.25, 0.3) is 0 Å². The molecule has 2 aromatic rings. The van der Waals surface area contributed by atoms with Crippen LogP contribution in [0, 0.1) is 0 Å². The lowest BCUT2D eigenvalue weighted by Crippen LogP contribution is -2.30. The van der Waals surface area contributed by atoms with Gasteiger partial charge in [0.2, 0.25) is 5.91 Å². The van der Waals surface area contributed by atoms with Gasteiger partial charge < -0.3 is 10.6 Å². The van der Waals surface area contributed by atoms with E-state index in [0.717, 1.165) is 5.56 Å². The van der Waals surface area contributed by atoms with Gasteiger partial charge >= 0.3 is 0 Å². The monoisotopic (exact) mass is 385 g/mol. The molecule has 7 nitrogen and oxygen atoms in total. The number of likely N-dealkylation sites (N-methyl/N-ethyl adjacent to an activating group) is 1. The highest BCUT2D eigenvalue weighted by Crippen LogP contribution is 2.28. The number of rotatable bonds is 6. The van der Waals surface area contributed by atoms with Gasteiger partial charge in [0.15, 0.2) is 11.6 Å². The Morgan fingerprint density at radius 2 is 1.74 bits per heavy atom. The number of carbonyl (C=O) groups excluding carboxylic acids is 2. The summed E-state index contributed by atoms with van der Waals surface area (Å²) in [5.74, 6) is -1.39. The molecule has 2 aromatic carbocycles. The number of sulfonamides is 1. The lowest BCUT2D eigenvalue weighted by Gasteiger charge is -2.18. The van der Waals surface area contributed by atoms with Crippen LogP contribution in [0.3, 0.4) is 0 Å². The van der Waals surface area contributed by atoms with E-state index in [4.69, 9.17) is 0 Å². The molecule has 1 aliphatic heterocycles. The van der Waals surface area contributed by atoms with Crippen molar-refractivity contribution in [3.05, 3.63) is 60.2 Å². The Labute approximate surface area is 157 Å². The number of ketones is 1. The smallest absolute Gasteiger partial charge is 0.286 e. The second-order valence-corrected chi connectivity index (χ2v) is 7.65. The molecule has 0 radical (unpaired) electrons. The zero-order valence-electron chi connectivity index (χ0n) is 14.7. The highest BCUT2D eigenvalue weighted by Gasteiger charge is 2.28. The van der Waals surface area contributed by atoms with Crippen LogP contribution < -0.4 is 10.6 Å². The molecule has 1 heterocycles. The van der Waals surface area contributed by atoms with Gasteiger partial charge in [0.25, 0.3) is 10.0 Å². The number of benzene rings is 2. The van der Waals surface area contributed by atoms with Crippen molar-refractivity contribution in [2.75, 3.05) is 12.4 Å². The van der Waals surface area contributed by atoms with E-state index in [1.54, 1.807) is 18.2 Å². The number of amidine groups is 1. The third-order valence-electron chi connectivity index (χ3n) is 4.32. The number of fused-ring (bicyclic) bond motifs is 1. The maximum atomic E-state index is 12.6. The van der Waals surface area contributed by atoms with Crippen molar-refractivity contribution in [3.8, 4) is 0 Å². The number of nitrogens with zero attached hydrogens (tertiary/aromatic N) is 1. The fourth-order valence-electron chi connectivity index (χ4n) is 2.94. The van der Waals surface area contributed by atoms with E-state index < -0.39 is 21.7 Å². The Hall–Kier alpha value is -3.00. The number of Topliss-reactive ketones (excluding diaryl/α,β-unsaturated/α-hetero) is 1. The molecule has 1 amide bonds. The topological polar surface area (TPSA) is 105 Å². The lowest BCUT2D eigenvalue weighted by atomic mass is 9.92. The van der Waals surface area contributed by atoms with Crippen molar-refractivity contribution in [1.82, 2.24) is 5.32 Å². The molecule has 0 spiro atoms. The molecule has 3 rings (SSSR count). The van der Waals surface area contributed by atoms with E-state index in [2.05, 4.69) is 15.0 Å². The first-order valence-corrected chi connectivity index (χ1v) is 9.87. The van der Waals surface area contributed by atoms with Crippen molar-refractivity contribution in [3.63, 3.8) is 0 Å². The second-order valence-electron chi connectivity index (χ2n) is 6.08. The van der Waals surface area contributed by atoms with Crippen LogP contribution in [-0.2, 0) is 19.6 Å². The van der Waals surface area contributed by atoms with Gasteiger partial charge in [0.05, 0.1) is 11.6 Å². The molecule has 2 N–H and O–H groups in total. The summed E-state index contributed by atoms with van der Waals surface area (Å²) in [5.41, 5.74) is 1.11. The molecule has 140 valence electrons. The maximum Gasteiger partial charge on any atom is 0.286 e. The maximum absolute atomic E-state index is 12.6. The van der Waals surface area contributed by atoms with Crippen LogP contribution in [0.4, 0.5) is 5.69 Å². The predicted molar refractivity (Wildman–Crippen MR) is 102 cm³/mol. The number of anilines is 1. The Morgan fingerprint density at radius 3 is 2.44 bits per heavy atom. The van der Waals surface area contributed by atoms with Crippen LogP contribution in [0.1, 0.15) is 24.3 Å². The Kier molecular flexibility index (Phi) is 5.36. The molecule has 0 saturated carbocycles. The Morgan fingerprint density at radius 1 is 1.07 bits per heavy atom. The summed E-state index contributed by atoms with van der Waals surface area (Å²) < 4.78 is 28.1. The number of nitrogens with one attached hydrogen (secondary N) is 2. The summed E-state index contributed by atoms with van der Waals surface area (Å²) in [7, 11) is -2.38. The minimum atomic E-state index is -3.92. The quantitative estimate of drug-likeness (QED) is 0.792. The number of hydrogen-bond donors (Lipinski definition) is 2. The van der Waals surface area contributed by atoms with Crippen LogP contribution in [0.2, 0.25) is 0 Å². The standard InChI is InChI=1S/C19H19N3O4S/c1-20-19(24)14(13-7-3-2-4-8-13)11-12-16(23)18-21-15-9-5-6-10-17(15)27(25,26)22-18/h2-10,14H,11-12H2,1H3,(H,20,24)(H,21,22). The van der Waals surface area contributed by atoms with Crippen molar-refractivity contribution in [1.29, 1.82) is 0 Å². The predicted octanol–water partition coefficient (Wildman–Crippen LogP) is 2.08. The summed E-state index contributed by atoms with van der Waals surface area (Å²) in [6.45, 7) is 0. The highest BCUT2D eigenvalue weighted by molar-refractivity contribution is 7.90. The summed E-state index contributed by atoms with van der Waals surface area (Å²) in [6, 6.07) is 15.4. The van der Waals surface area contributed by atoms with E-state index in [1.165, 1.54) is 13.1 Å². The van der Waals surface area contributed by atoms with Crippen molar-refractivity contribution >= 4 is 33.2 Å². The van der Waals surface area contributed by atoms with Crippen LogP contribution in [0.5, 0.6) is 0 Å². The lowest BCUT2D eigenvalue weighted by molar-refractivity contribution is -0.122. The second kappa shape index (κ2) is 7.71. The number of amides is 1. The van der Waals surface area contributed by atoms with Gasteiger partial charge in [-0.3, -0.25) is 9.59 Å². The van der Waals surface area contributed by atoms with Gasteiger partial charge in [0, 0.05) is 13.5 Å². The average Bonchev–Trinajstić information content (AvgIpc) is 2.68. The van der Waals surface area contributed by atoms with E-state index in [-0.39, 0.29) is 29.5 Å². The Bertz CT molecular complexity index is 1000. The largest absolute Gasteiger partial charge is 0.359 e. The first kappa shape index (κ1) is 18.8. The molecule has 0 aromatic heterocycles. The van der Waals surface area contributed by atoms with Gasteiger partial charge in [-0.2, -0.15) is 8.42 Å². The van der Waals surface area contributed by atoms with Gasteiger partial charge in [-0.05, 0) is 24.1 Å². The van der Waals surface area contributed by atoms with Gasteiger partial charge in [0.1, 0.15) is 4.90 Å². The van der Waals surface area contributed by atoms with E-state index in [0.29, 0.717) is 5.69 Å². The van der Waals surface area contributed by atoms with Crippen LogP contribution in [-0.4, -0.2) is 33.0 Å². The van der Waals surface area contributed by atoms with Gasteiger partial charge in [-0.15, -0.1) is 4.40 Å². The minimum absolute atomic E-state index is 0.0174. The summed E-state index contributed by atoms with van der Waals surface area (Å²) >= 11 is 0. The van der Waals surface area contributed by atoms with Gasteiger partial charge in [-0.25, -0.2) is 0 Å². The molecule has 8 heteroatoms. The Balaban J connectivity index is 1.77. The SMILES string of the molecule is CNC(=O)C(CCC(=O)C1=NS(=O)(=O)c2ccccc2N1)c1ccccc1. The summed E-state index contributed by atoms with van der Waals surface area (Å²) in [6.07, 6.45) is 0.224. The van der Waals surface area contributed by atoms with Crippen LogP contribution in [0.15, 0.2) is 63.9 Å². The molecule has 1 atom stereocenters. The van der Waals surface area contributed by atoms with E-state index in [9.17, 15) is 18.0 Å². The molecule has 0 aliphatic carbocycles. The average molecular weight is 385 g/mol. The third-order valence-corrected chi connectivity index (χ3v) is 5.65. The molecular formula is C19H19N3O4S. The molecule has 27 heavy (non-hydrogen) atoms. The molecule has 1 unspecified atom stereocenters. The first-order chi connectivity index (χ1) is 12.9. The molecule has 0 bridgehead atoms. The zero-order chi connectivity index (χ0) is 19.4. The van der Waals surface area contributed by atoms with Crippen molar-refractivity contribution in [2.45, 2.75) is 23.7 Å². The van der Waals surface area contributed by atoms with Crippen LogP contribution >= 0.6 is 0 Å². The fraction of sp³-hybridized carbons (Fsp3) is 0.211. The highest BCUT2D eigenvalue weighted by atomic mass is 32.2. The number of para-hydroxylation sites is 1. The molecular weight excluding hydrogens is 366 g/mol. The van der Waals surface area contributed by atoms with Gasteiger partial charge in [-0.1, -0.05) is 42.5 Å². The van der Waals surface area contributed by atoms with Crippen molar-refractivity contribution in [2.24, 2.45) is 4.40 Å². The number of hydrogen-bond acceptors (Lipinski definition) is 5. The molecule has 0 fully saturated rings. The van der Waals surface area contributed by atoms with E-state index in [1.807, 2.05) is 30.3 Å². The zero-order valence-corrected chi connectivity index (χ0v) is 15.5.